The minimum absolute atomic E-state index is 0. The topological polar surface area (TPSA) is 104 Å². The van der Waals surface area contributed by atoms with Crippen molar-refractivity contribution in [2.75, 3.05) is 0 Å². The first kappa shape index (κ1) is 37.7. The molecule has 0 bridgehead atoms. The predicted molar refractivity (Wildman–Crippen MR) is 180 cm³/mol. The summed E-state index contributed by atoms with van der Waals surface area (Å²) >= 11 is 0. The van der Waals surface area contributed by atoms with E-state index in [0.29, 0.717) is 60.4 Å². The standard InChI is InChI=1S/C16H31N6.C16H29N6.Ag/c2*1-10-7-13(4)20(17-10)16(21-14(5)8-11(2)18-21)22-15(6)9-12(3)19-22;/h10-16H,7-9H2,1-6H3;7,10-12,14-16H,8-9H2,1-6H3;/q2*-3;+1. The van der Waals surface area contributed by atoms with Gasteiger partial charge in [0.25, 0.3) is 0 Å². The van der Waals surface area contributed by atoms with E-state index < -0.39 is 0 Å². The van der Waals surface area contributed by atoms with E-state index in [1.165, 1.54) is 5.70 Å². The summed E-state index contributed by atoms with van der Waals surface area (Å²) in [6, 6.07) is 4.30. The average Bonchev–Trinajstić information content (AvgIpc) is 3.74. The zero-order valence-electron chi connectivity index (χ0n) is 29.8. The summed E-state index contributed by atoms with van der Waals surface area (Å²) in [4.78, 5) is 0. The van der Waals surface area contributed by atoms with Crippen molar-refractivity contribution in [1.82, 2.24) is 30.1 Å². The molecule has 0 amide bonds. The van der Waals surface area contributed by atoms with E-state index in [-0.39, 0.29) is 41.0 Å². The fourth-order valence-electron chi connectivity index (χ4n) is 8.08. The Kier molecular flexibility index (Phi) is 13.0. The summed E-state index contributed by atoms with van der Waals surface area (Å²) in [5.74, 6) is 0. The van der Waals surface area contributed by atoms with Crippen LogP contribution in [0.1, 0.15) is 115 Å². The zero-order valence-corrected chi connectivity index (χ0v) is 31.3. The molecule has 11 atom stereocenters. The smallest absolute Gasteiger partial charge is 0.589 e. The molecule has 0 aliphatic carbocycles. The SMILES string of the molecule is CC1=CC(C)[N-]N1C(N1[N-]C(C)CC1C)N1[N-]C(C)CC1C.CC1CC(C)N(C(N2[N-]C(C)CC2C)N2[N-]C(C)CC2C)[N-]1.[Ag+]. The molecule has 6 aliphatic rings. The number of rotatable bonds is 6. The molecule has 13 heteroatoms. The van der Waals surface area contributed by atoms with Crippen molar-refractivity contribution in [3.8, 4) is 0 Å². The van der Waals surface area contributed by atoms with Crippen LogP contribution in [0.2, 0.25) is 0 Å². The predicted octanol–water partition coefficient (Wildman–Crippen LogP) is 7.29. The summed E-state index contributed by atoms with van der Waals surface area (Å²) in [6.07, 6.45) is 7.77. The minimum Gasteiger partial charge on any atom is -0.589 e. The number of hydrogen-bond donors (Lipinski definition) is 0. The Morgan fingerprint density at radius 1 is 0.467 bits per heavy atom. The van der Waals surface area contributed by atoms with E-state index in [1.807, 2.05) is 0 Å². The monoisotopic (exact) mass is 719 g/mol. The van der Waals surface area contributed by atoms with Crippen LogP contribution in [-0.2, 0) is 22.4 Å². The Bertz CT molecular complexity index is 907. The molecule has 0 radical (unpaired) electrons. The first-order valence-corrected chi connectivity index (χ1v) is 17.4. The quantitative estimate of drug-likeness (QED) is 0.267. The van der Waals surface area contributed by atoms with Crippen molar-refractivity contribution in [3.05, 3.63) is 44.3 Å². The summed E-state index contributed by atoms with van der Waals surface area (Å²) in [5, 5.41) is 13.4. The van der Waals surface area contributed by atoms with Gasteiger partial charge >= 0.3 is 22.4 Å². The van der Waals surface area contributed by atoms with Gasteiger partial charge < -0.3 is 62.6 Å². The van der Waals surface area contributed by atoms with E-state index >= 15 is 0 Å². The van der Waals surface area contributed by atoms with Crippen molar-refractivity contribution in [3.63, 3.8) is 0 Å². The first-order chi connectivity index (χ1) is 20.7. The second-order valence-electron chi connectivity index (χ2n) is 14.8. The van der Waals surface area contributed by atoms with Gasteiger partial charge in [-0.2, -0.15) is 0 Å². The molecule has 0 spiro atoms. The van der Waals surface area contributed by atoms with Gasteiger partial charge in [0.15, 0.2) is 0 Å². The van der Waals surface area contributed by atoms with Crippen LogP contribution in [0.4, 0.5) is 0 Å². The van der Waals surface area contributed by atoms with Crippen molar-refractivity contribution in [2.24, 2.45) is 0 Å². The van der Waals surface area contributed by atoms with Crippen LogP contribution in [-0.4, -0.2) is 109 Å². The van der Waals surface area contributed by atoms with Crippen molar-refractivity contribution in [1.29, 1.82) is 0 Å². The Labute approximate surface area is 290 Å². The van der Waals surface area contributed by atoms with E-state index in [2.05, 4.69) is 119 Å². The molecule has 0 aromatic carbocycles. The van der Waals surface area contributed by atoms with Gasteiger partial charge in [0.2, 0.25) is 0 Å². The third kappa shape index (κ3) is 8.36. The van der Waals surface area contributed by atoms with Gasteiger partial charge in [-0.25, -0.2) is 0 Å². The molecule has 0 saturated carbocycles. The maximum atomic E-state index is 4.91. The van der Waals surface area contributed by atoms with E-state index in [0.717, 1.165) is 32.1 Å². The Balaban J connectivity index is 0.000000200. The van der Waals surface area contributed by atoms with Crippen LogP contribution in [0.15, 0.2) is 11.8 Å². The maximum Gasteiger partial charge on any atom is 1.00 e. The summed E-state index contributed by atoms with van der Waals surface area (Å²) < 4.78 is 0. The maximum absolute atomic E-state index is 4.91. The molecule has 45 heavy (non-hydrogen) atoms. The molecule has 0 N–H and O–H groups in total. The minimum atomic E-state index is -0.0268. The van der Waals surface area contributed by atoms with Gasteiger partial charge in [-0.05, 0) is 42.8 Å². The van der Waals surface area contributed by atoms with Crippen LogP contribution in [0, 0.1) is 0 Å². The van der Waals surface area contributed by atoms with E-state index in [9.17, 15) is 0 Å². The Morgan fingerprint density at radius 2 is 0.733 bits per heavy atom. The van der Waals surface area contributed by atoms with Crippen molar-refractivity contribution in [2.45, 2.75) is 194 Å². The molecule has 6 aliphatic heterocycles. The van der Waals surface area contributed by atoms with E-state index in [4.69, 9.17) is 32.6 Å². The van der Waals surface area contributed by atoms with Crippen molar-refractivity contribution >= 4 is 0 Å². The molecule has 6 rings (SSSR count). The van der Waals surface area contributed by atoms with Gasteiger partial charge in [0.1, 0.15) is 0 Å². The average molecular weight is 721 g/mol. The second kappa shape index (κ2) is 15.6. The number of hydrogen-bond acceptors (Lipinski definition) is 6. The Hall–Kier alpha value is -0.160. The number of nitrogens with zero attached hydrogens (tertiary/aromatic N) is 12. The Morgan fingerprint density at radius 3 is 0.933 bits per heavy atom. The molecule has 0 aromatic rings. The van der Waals surface area contributed by atoms with Crippen molar-refractivity contribution < 1.29 is 22.4 Å². The third-order valence-electron chi connectivity index (χ3n) is 9.87. The molecule has 6 heterocycles. The summed E-state index contributed by atoms with van der Waals surface area (Å²) in [5.41, 5.74) is 30.5. The third-order valence-corrected chi connectivity index (χ3v) is 9.87. The fourth-order valence-corrected chi connectivity index (χ4v) is 8.08. The summed E-state index contributed by atoms with van der Waals surface area (Å²) in [6.45, 7) is 26.6. The number of allylic oxidation sites excluding steroid dienone is 1. The van der Waals surface area contributed by atoms with Crippen LogP contribution in [0.3, 0.4) is 0 Å². The van der Waals surface area contributed by atoms with Gasteiger partial charge in [0.05, 0.1) is 12.6 Å². The second-order valence-corrected chi connectivity index (χ2v) is 14.8. The molecule has 5 saturated heterocycles. The summed E-state index contributed by atoms with van der Waals surface area (Å²) in [7, 11) is 0. The van der Waals surface area contributed by atoms with Gasteiger partial charge in [-0.15, -0.1) is 36.3 Å². The fraction of sp³-hybridized carbons (Fsp3) is 0.938. The van der Waals surface area contributed by atoms with Gasteiger partial charge in [0, 0.05) is 0 Å². The first-order valence-electron chi connectivity index (χ1n) is 17.4. The van der Waals surface area contributed by atoms with Crippen LogP contribution in [0.25, 0.3) is 32.6 Å². The zero-order chi connectivity index (χ0) is 32.0. The van der Waals surface area contributed by atoms with Crippen LogP contribution < -0.4 is 0 Å². The molecular formula is C32H60AgN12-5. The van der Waals surface area contributed by atoms with Gasteiger partial charge in [-0.1, -0.05) is 114 Å². The molecule has 11 unspecified atom stereocenters. The molecule has 12 nitrogen and oxygen atoms in total. The van der Waals surface area contributed by atoms with Crippen LogP contribution in [0.5, 0.6) is 0 Å². The molecule has 0 aromatic heterocycles. The van der Waals surface area contributed by atoms with Crippen LogP contribution >= 0.6 is 0 Å². The largest absolute Gasteiger partial charge is 1.00 e. The van der Waals surface area contributed by atoms with E-state index in [1.54, 1.807) is 0 Å². The molecule has 5 fully saturated rings. The van der Waals surface area contributed by atoms with Gasteiger partial charge in [-0.3, -0.25) is 0 Å². The molecule has 264 valence electrons. The normalized spacial score (nSPS) is 43.4. The molecular weight excluding hydrogens is 660 g/mol.